The molecule has 0 heterocycles. The van der Waals surface area contributed by atoms with Crippen LogP contribution in [0.1, 0.15) is 6.92 Å². The van der Waals surface area contributed by atoms with E-state index >= 15 is 0 Å². The van der Waals surface area contributed by atoms with Gasteiger partial charge in [0.15, 0.2) is 0 Å². The zero-order valence-corrected chi connectivity index (χ0v) is 14.2. The first-order valence-electron chi connectivity index (χ1n) is 6.25. The van der Waals surface area contributed by atoms with E-state index in [1.54, 1.807) is 36.4 Å². The van der Waals surface area contributed by atoms with E-state index in [1.165, 1.54) is 0 Å². The van der Waals surface area contributed by atoms with Crippen LogP contribution in [0.25, 0.3) is 0 Å². The van der Waals surface area contributed by atoms with Crippen molar-refractivity contribution in [2.45, 2.75) is 13.0 Å². The second-order valence-corrected chi connectivity index (χ2v) is 6.26. The number of ether oxygens (including phenoxy) is 1. The van der Waals surface area contributed by atoms with Gasteiger partial charge in [-0.25, -0.2) is 0 Å². The second-order valence-electron chi connectivity index (χ2n) is 4.54. The highest BCUT2D eigenvalue weighted by atomic mass is 35.5. The summed E-state index contributed by atoms with van der Waals surface area (Å²) in [7, 11) is 0. The van der Waals surface area contributed by atoms with Crippen LogP contribution < -0.4 is 10.1 Å². The van der Waals surface area contributed by atoms with Gasteiger partial charge in [-0.3, -0.25) is 0 Å². The Balaban J connectivity index is 1.94. The van der Waals surface area contributed by atoms with Gasteiger partial charge in [0.25, 0.3) is 0 Å². The first-order chi connectivity index (χ1) is 9.94. The van der Waals surface area contributed by atoms with Gasteiger partial charge in [0, 0.05) is 20.8 Å². The number of hydrogen-bond donors (Lipinski definition) is 1. The van der Waals surface area contributed by atoms with E-state index in [2.05, 4.69) is 5.32 Å². The Morgan fingerprint density at radius 2 is 1.62 bits per heavy atom. The topological polar surface area (TPSA) is 21.3 Å². The summed E-state index contributed by atoms with van der Waals surface area (Å²) in [5.74, 6) is 0.597. The van der Waals surface area contributed by atoms with E-state index in [0.717, 1.165) is 5.69 Å². The summed E-state index contributed by atoms with van der Waals surface area (Å²) in [4.78, 5) is 0. The number of nitrogens with one attached hydrogen (secondary N) is 1. The summed E-state index contributed by atoms with van der Waals surface area (Å²) in [5.41, 5.74) is 0.838. The van der Waals surface area contributed by atoms with Crippen molar-refractivity contribution >= 4 is 52.1 Å². The van der Waals surface area contributed by atoms with Crippen LogP contribution in [0.4, 0.5) is 5.69 Å². The fourth-order valence-electron chi connectivity index (χ4n) is 1.75. The number of rotatable bonds is 5. The molecule has 112 valence electrons. The Bertz CT molecular complexity index is 613. The van der Waals surface area contributed by atoms with Crippen LogP contribution in [0, 0.1) is 0 Å². The lowest BCUT2D eigenvalue weighted by Crippen LogP contribution is -2.22. The third kappa shape index (κ3) is 5.15. The molecule has 0 saturated heterocycles. The molecule has 2 aromatic rings. The van der Waals surface area contributed by atoms with Gasteiger partial charge in [-0.2, -0.15) is 0 Å². The van der Waals surface area contributed by atoms with Crippen molar-refractivity contribution < 1.29 is 4.74 Å². The van der Waals surface area contributed by atoms with Crippen molar-refractivity contribution in [1.29, 1.82) is 0 Å². The van der Waals surface area contributed by atoms with E-state index in [0.29, 0.717) is 32.4 Å². The fourth-order valence-corrected chi connectivity index (χ4v) is 2.73. The maximum Gasteiger partial charge on any atom is 0.138 e. The monoisotopic (exact) mass is 363 g/mol. The van der Waals surface area contributed by atoms with Gasteiger partial charge in [0.2, 0.25) is 0 Å². The number of hydrogen-bond acceptors (Lipinski definition) is 2. The molecule has 2 rings (SSSR count). The minimum absolute atomic E-state index is 0.0959. The molecule has 0 bridgehead atoms. The molecular weight excluding hydrogens is 352 g/mol. The van der Waals surface area contributed by atoms with E-state index in [1.807, 2.05) is 6.92 Å². The molecule has 1 N–H and O–H groups in total. The quantitative estimate of drug-likeness (QED) is 0.683. The van der Waals surface area contributed by atoms with Gasteiger partial charge in [0.1, 0.15) is 11.9 Å². The van der Waals surface area contributed by atoms with Gasteiger partial charge in [-0.15, -0.1) is 0 Å². The molecule has 0 fully saturated rings. The Hall–Kier alpha value is -0.800. The molecule has 0 aromatic heterocycles. The molecule has 21 heavy (non-hydrogen) atoms. The SMILES string of the molecule is CC(CNc1cc(Cl)cc(Cl)c1)Oc1ccc(Cl)cc1Cl. The van der Waals surface area contributed by atoms with Gasteiger partial charge in [-0.1, -0.05) is 46.4 Å². The Kier molecular flexibility index (Phi) is 5.88. The Morgan fingerprint density at radius 3 is 2.24 bits per heavy atom. The molecule has 0 aliphatic rings. The van der Waals surface area contributed by atoms with Crippen molar-refractivity contribution in [3.8, 4) is 5.75 Å². The smallest absolute Gasteiger partial charge is 0.138 e. The van der Waals surface area contributed by atoms with Crippen molar-refractivity contribution in [1.82, 2.24) is 0 Å². The standard InChI is InChI=1S/C15H13Cl4NO/c1-9(21-15-3-2-10(16)7-14(15)19)8-20-13-5-11(17)4-12(18)6-13/h2-7,9,20H,8H2,1H3. The summed E-state index contributed by atoms with van der Waals surface area (Å²) < 4.78 is 5.76. The van der Waals surface area contributed by atoms with Crippen LogP contribution in [0.5, 0.6) is 5.75 Å². The first-order valence-corrected chi connectivity index (χ1v) is 7.77. The number of benzene rings is 2. The average molecular weight is 365 g/mol. The third-order valence-corrected chi connectivity index (χ3v) is 3.65. The van der Waals surface area contributed by atoms with Crippen molar-refractivity contribution in [2.75, 3.05) is 11.9 Å². The fraction of sp³-hybridized carbons (Fsp3) is 0.200. The molecule has 6 heteroatoms. The van der Waals surface area contributed by atoms with Gasteiger partial charge in [-0.05, 0) is 43.3 Å². The predicted molar refractivity (Wildman–Crippen MR) is 91.5 cm³/mol. The minimum atomic E-state index is -0.0959. The molecule has 0 amide bonds. The normalized spacial score (nSPS) is 12.0. The van der Waals surface area contributed by atoms with Crippen molar-refractivity contribution in [3.05, 3.63) is 56.5 Å². The second kappa shape index (κ2) is 7.46. The molecule has 0 aliphatic heterocycles. The Labute approximate surface area is 143 Å². The maximum atomic E-state index is 6.07. The molecule has 0 aliphatic carbocycles. The highest BCUT2D eigenvalue weighted by Gasteiger charge is 2.08. The van der Waals surface area contributed by atoms with Crippen LogP contribution >= 0.6 is 46.4 Å². The molecule has 0 saturated carbocycles. The van der Waals surface area contributed by atoms with Crippen molar-refractivity contribution in [2.24, 2.45) is 0 Å². The zero-order valence-electron chi connectivity index (χ0n) is 11.2. The van der Waals surface area contributed by atoms with E-state index < -0.39 is 0 Å². The molecule has 0 spiro atoms. The lowest BCUT2D eigenvalue weighted by molar-refractivity contribution is 0.235. The van der Waals surface area contributed by atoms with Gasteiger partial charge >= 0.3 is 0 Å². The molecule has 0 radical (unpaired) electrons. The lowest BCUT2D eigenvalue weighted by Gasteiger charge is -2.17. The summed E-state index contributed by atoms with van der Waals surface area (Å²) in [6.45, 7) is 2.51. The van der Waals surface area contributed by atoms with Crippen LogP contribution in [-0.4, -0.2) is 12.6 Å². The van der Waals surface area contributed by atoms with Gasteiger partial charge < -0.3 is 10.1 Å². The maximum absolute atomic E-state index is 6.07. The Morgan fingerprint density at radius 1 is 0.952 bits per heavy atom. The molecule has 1 atom stereocenters. The van der Waals surface area contributed by atoms with E-state index in [9.17, 15) is 0 Å². The summed E-state index contributed by atoms with van der Waals surface area (Å²) in [6, 6.07) is 10.4. The number of halogens is 4. The third-order valence-electron chi connectivity index (χ3n) is 2.68. The highest BCUT2D eigenvalue weighted by molar-refractivity contribution is 6.35. The van der Waals surface area contributed by atoms with Crippen molar-refractivity contribution in [3.63, 3.8) is 0 Å². The number of anilines is 1. The summed E-state index contributed by atoms with van der Waals surface area (Å²) >= 11 is 23.8. The molecule has 1 unspecified atom stereocenters. The van der Waals surface area contributed by atoms with Crippen LogP contribution in [-0.2, 0) is 0 Å². The van der Waals surface area contributed by atoms with E-state index in [4.69, 9.17) is 51.1 Å². The molecule has 2 aromatic carbocycles. The van der Waals surface area contributed by atoms with E-state index in [-0.39, 0.29) is 6.10 Å². The summed E-state index contributed by atoms with van der Waals surface area (Å²) in [6.07, 6.45) is -0.0959. The predicted octanol–water partition coefficient (Wildman–Crippen LogP) is 6.18. The van der Waals surface area contributed by atoms with Crippen LogP contribution in [0.3, 0.4) is 0 Å². The van der Waals surface area contributed by atoms with Crippen LogP contribution in [0.15, 0.2) is 36.4 Å². The van der Waals surface area contributed by atoms with Crippen LogP contribution in [0.2, 0.25) is 20.1 Å². The first kappa shape index (κ1) is 16.6. The molecule has 2 nitrogen and oxygen atoms in total. The zero-order chi connectivity index (χ0) is 15.4. The highest BCUT2D eigenvalue weighted by Crippen LogP contribution is 2.28. The largest absolute Gasteiger partial charge is 0.487 e. The minimum Gasteiger partial charge on any atom is -0.487 e. The lowest BCUT2D eigenvalue weighted by atomic mass is 10.3. The average Bonchev–Trinajstić information content (AvgIpc) is 2.39. The van der Waals surface area contributed by atoms with Gasteiger partial charge in [0.05, 0.1) is 11.6 Å². The molecular formula is C15H13Cl4NO. The summed E-state index contributed by atoms with van der Waals surface area (Å²) in [5, 5.41) is 5.44.